The fraction of sp³-hybridized carbons (Fsp3) is 0.444. The third kappa shape index (κ3) is 3.30. The van der Waals surface area contributed by atoms with E-state index in [0.29, 0.717) is 18.1 Å². The first-order valence-corrected chi connectivity index (χ1v) is 11.3. The number of hydrogen-bond acceptors (Lipinski definition) is 7. The molecule has 1 atom stereocenters. The molecule has 1 saturated heterocycles. The van der Waals surface area contributed by atoms with Crippen molar-refractivity contribution in [3.8, 4) is 10.4 Å². The zero-order valence-electron chi connectivity index (χ0n) is 15.4. The molecule has 1 fully saturated rings. The molecule has 4 heterocycles. The van der Waals surface area contributed by atoms with Gasteiger partial charge >= 0.3 is 5.97 Å². The van der Waals surface area contributed by atoms with Gasteiger partial charge in [0, 0.05) is 34.6 Å². The second kappa shape index (κ2) is 7.43. The Hall–Kier alpha value is -2.01. The minimum Gasteiger partial charge on any atom is -0.480 e. The SMILES string of the molecule is CCC(C(=O)O)N1Cc2sc(-c3ccc(N4CCOCC4)nc3)cc2S1(=O)=O. The van der Waals surface area contributed by atoms with Crippen LogP contribution in [0.25, 0.3) is 10.4 Å². The maximum atomic E-state index is 12.8. The van der Waals surface area contributed by atoms with Gasteiger partial charge in [-0.05, 0) is 24.6 Å². The fourth-order valence-corrected chi connectivity index (χ4v) is 6.91. The quantitative estimate of drug-likeness (QED) is 0.785. The number of anilines is 1. The van der Waals surface area contributed by atoms with Crippen LogP contribution in [0.4, 0.5) is 5.82 Å². The van der Waals surface area contributed by atoms with Gasteiger partial charge in [0.2, 0.25) is 10.0 Å². The summed E-state index contributed by atoms with van der Waals surface area (Å²) in [5, 5.41) is 9.33. The van der Waals surface area contributed by atoms with Crippen LogP contribution in [0.1, 0.15) is 18.2 Å². The lowest BCUT2D eigenvalue weighted by atomic mass is 10.2. The van der Waals surface area contributed by atoms with Crippen molar-refractivity contribution in [1.29, 1.82) is 0 Å². The smallest absolute Gasteiger partial charge is 0.322 e. The molecule has 0 aliphatic carbocycles. The number of carboxylic acid groups (broad SMARTS) is 1. The Morgan fingerprint density at radius 1 is 1.36 bits per heavy atom. The first kappa shape index (κ1) is 19.3. The number of carbonyl (C=O) groups is 1. The number of hydrogen-bond donors (Lipinski definition) is 1. The molecule has 2 aliphatic heterocycles. The molecule has 8 nitrogen and oxygen atoms in total. The van der Waals surface area contributed by atoms with E-state index in [0.717, 1.165) is 33.7 Å². The molecular weight excluding hydrogens is 402 g/mol. The van der Waals surface area contributed by atoms with Gasteiger partial charge in [0.05, 0.1) is 24.7 Å². The summed E-state index contributed by atoms with van der Waals surface area (Å²) in [5.74, 6) is -0.244. The first-order chi connectivity index (χ1) is 13.4. The van der Waals surface area contributed by atoms with E-state index in [-0.39, 0.29) is 17.9 Å². The normalized spacial score (nSPS) is 20.1. The van der Waals surface area contributed by atoms with Gasteiger partial charge in [-0.2, -0.15) is 4.31 Å². The lowest BCUT2D eigenvalue weighted by molar-refractivity contribution is -0.141. The van der Waals surface area contributed by atoms with Crippen molar-refractivity contribution in [3.63, 3.8) is 0 Å². The van der Waals surface area contributed by atoms with Crippen LogP contribution in [0.3, 0.4) is 0 Å². The van der Waals surface area contributed by atoms with Gasteiger partial charge in [0.15, 0.2) is 0 Å². The highest BCUT2D eigenvalue weighted by Gasteiger charge is 2.43. The highest BCUT2D eigenvalue weighted by molar-refractivity contribution is 7.89. The number of morpholine rings is 1. The Balaban J connectivity index is 1.58. The number of thiophene rings is 1. The van der Waals surface area contributed by atoms with Gasteiger partial charge in [-0.3, -0.25) is 4.79 Å². The maximum Gasteiger partial charge on any atom is 0.322 e. The minimum absolute atomic E-state index is 0.104. The van der Waals surface area contributed by atoms with E-state index in [9.17, 15) is 18.3 Å². The molecule has 2 aliphatic rings. The van der Waals surface area contributed by atoms with Crippen molar-refractivity contribution < 1.29 is 23.1 Å². The molecule has 10 heteroatoms. The van der Waals surface area contributed by atoms with Gasteiger partial charge in [-0.25, -0.2) is 13.4 Å². The summed E-state index contributed by atoms with van der Waals surface area (Å²) in [6.07, 6.45) is 1.98. The molecule has 0 amide bonds. The summed E-state index contributed by atoms with van der Waals surface area (Å²) in [6, 6.07) is 4.47. The first-order valence-electron chi connectivity index (χ1n) is 9.08. The van der Waals surface area contributed by atoms with Crippen LogP contribution in [0.2, 0.25) is 0 Å². The van der Waals surface area contributed by atoms with Crippen molar-refractivity contribution in [1.82, 2.24) is 9.29 Å². The molecule has 0 spiro atoms. The van der Waals surface area contributed by atoms with E-state index in [1.807, 2.05) is 12.1 Å². The Bertz CT molecular complexity index is 981. The summed E-state index contributed by atoms with van der Waals surface area (Å²) >= 11 is 1.37. The molecule has 2 aromatic heterocycles. The van der Waals surface area contributed by atoms with E-state index < -0.39 is 22.0 Å². The molecule has 0 radical (unpaired) electrons. The lowest BCUT2D eigenvalue weighted by Gasteiger charge is -2.27. The fourth-order valence-electron chi connectivity index (χ4n) is 3.53. The zero-order valence-corrected chi connectivity index (χ0v) is 17.0. The molecule has 150 valence electrons. The highest BCUT2D eigenvalue weighted by Crippen LogP contribution is 2.42. The van der Waals surface area contributed by atoms with Crippen LogP contribution in [-0.4, -0.2) is 61.1 Å². The summed E-state index contributed by atoms with van der Waals surface area (Å²) in [7, 11) is -3.79. The van der Waals surface area contributed by atoms with Gasteiger partial charge in [0.25, 0.3) is 0 Å². The minimum atomic E-state index is -3.79. The molecule has 0 aromatic carbocycles. The molecule has 0 saturated carbocycles. The Kier molecular flexibility index (Phi) is 5.13. The summed E-state index contributed by atoms with van der Waals surface area (Å²) in [5.41, 5.74) is 0.850. The predicted octanol–water partition coefficient (Wildman–Crippen LogP) is 2.01. The topological polar surface area (TPSA) is 100 Å². The van der Waals surface area contributed by atoms with Crippen molar-refractivity contribution in [3.05, 3.63) is 29.3 Å². The molecule has 0 bridgehead atoms. The third-order valence-electron chi connectivity index (χ3n) is 5.04. The number of carboxylic acids is 1. The number of aliphatic carboxylic acids is 1. The molecule has 28 heavy (non-hydrogen) atoms. The number of aromatic nitrogens is 1. The van der Waals surface area contributed by atoms with Crippen LogP contribution >= 0.6 is 11.3 Å². The average Bonchev–Trinajstić information content (AvgIpc) is 3.22. The summed E-state index contributed by atoms with van der Waals surface area (Å²) < 4.78 is 32.1. The lowest BCUT2D eigenvalue weighted by Crippen LogP contribution is -2.40. The zero-order chi connectivity index (χ0) is 19.9. The van der Waals surface area contributed by atoms with Crippen LogP contribution in [0.15, 0.2) is 29.3 Å². The van der Waals surface area contributed by atoms with Crippen LogP contribution in [0.5, 0.6) is 0 Å². The number of nitrogens with zero attached hydrogens (tertiary/aromatic N) is 3. The van der Waals surface area contributed by atoms with Crippen molar-refractivity contribution in [2.75, 3.05) is 31.2 Å². The largest absolute Gasteiger partial charge is 0.480 e. The number of sulfonamides is 1. The van der Waals surface area contributed by atoms with Crippen LogP contribution in [0, 0.1) is 0 Å². The van der Waals surface area contributed by atoms with E-state index in [2.05, 4.69) is 9.88 Å². The molecular formula is C18H21N3O5S2. The number of ether oxygens (including phenoxy) is 1. The number of rotatable bonds is 5. The van der Waals surface area contributed by atoms with Gasteiger partial charge in [-0.15, -0.1) is 11.3 Å². The summed E-state index contributed by atoms with van der Waals surface area (Å²) in [6.45, 7) is 4.75. The second-order valence-electron chi connectivity index (χ2n) is 6.72. The predicted molar refractivity (Wildman–Crippen MR) is 105 cm³/mol. The Morgan fingerprint density at radius 3 is 2.68 bits per heavy atom. The average molecular weight is 424 g/mol. The van der Waals surface area contributed by atoms with E-state index in [1.165, 1.54) is 11.3 Å². The molecule has 1 N–H and O–H groups in total. The number of fused-ring (bicyclic) bond motifs is 1. The van der Waals surface area contributed by atoms with Gasteiger partial charge < -0.3 is 14.7 Å². The van der Waals surface area contributed by atoms with Crippen molar-refractivity contribution in [2.45, 2.75) is 30.8 Å². The van der Waals surface area contributed by atoms with E-state index in [1.54, 1.807) is 19.2 Å². The van der Waals surface area contributed by atoms with Gasteiger partial charge in [0.1, 0.15) is 11.9 Å². The van der Waals surface area contributed by atoms with Crippen molar-refractivity contribution >= 4 is 33.1 Å². The molecule has 1 unspecified atom stereocenters. The van der Waals surface area contributed by atoms with Crippen LogP contribution in [-0.2, 0) is 26.1 Å². The van der Waals surface area contributed by atoms with E-state index in [4.69, 9.17) is 4.74 Å². The standard InChI is InChI=1S/C18H21N3O5S2/c1-2-13(18(22)23)21-11-15-16(28(21,24)25)9-14(27-15)12-3-4-17(19-10-12)20-5-7-26-8-6-20/h3-4,9-10,13H,2,5-8,11H2,1H3,(H,22,23). The van der Waals surface area contributed by atoms with Crippen LogP contribution < -0.4 is 4.90 Å². The highest BCUT2D eigenvalue weighted by atomic mass is 32.2. The molecule has 2 aromatic rings. The van der Waals surface area contributed by atoms with E-state index >= 15 is 0 Å². The monoisotopic (exact) mass is 423 g/mol. The maximum absolute atomic E-state index is 12.8. The molecule has 4 rings (SSSR count). The number of pyridine rings is 1. The Morgan fingerprint density at radius 2 is 2.11 bits per heavy atom. The second-order valence-corrected chi connectivity index (χ2v) is 9.71. The van der Waals surface area contributed by atoms with Crippen molar-refractivity contribution in [2.24, 2.45) is 0 Å². The summed E-state index contributed by atoms with van der Waals surface area (Å²) in [4.78, 5) is 19.8. The Labute approximate surface area is 167 Å². The third-order valence-corrected chi connectivity index (χ3v) is 8.26. The van der Waals surface area contributed by atoms with Gasteiger partial charge in [-0.1, -0.05) is 6.92 Å².